The molecule has 0 bridgehead atoms. The zero-order chi connectivity index (χ0) is 29.0. The van der Waals surface area contributed by atoms with Crippen molar-refractivity contribution in [3.05, 3.63) is 144 Å². The normalized spacial score (nSPS) is 19.3. The highest BCUT2D eigenvalue weighted by Crippen LogP contribution is 2.16. The monoisotopic (exact) mass is 562 g/mol. The average Bonchev–Trinajstić information content (AvgIpc) is 3.06. The SMILES string of the molecule is O=C(c1ccccc1)C1CN(Cc2ccccc2)CCO1.O=C(c1ccccc1)[C@@H]1CN(Cc2ccccc2)CCO1. The average molecular weight is 563 g/mol. The molecule has 42 heavy (non-hydrogen) atoms. The predicted molar refractivity (Wildman–Crippen MR) is 164 cm³/mol. The highest BCUT2D eigenvalue weighted by molar-refractivity contribution is 6.00. The van der Waals surface area contributed by atoms with Crippen molar-refractivity contribution in [2.24, 2.45) is 0 Å². The van der Waals surface area contributed by atoms with Crippen LogP contribution in [0.1, 0.15) is 31.8 Å². The smallest absolute Gasteiger partial charge is 0.192 e. The van der Waals surface area contributed by atoms with Crippen molar-refractivity contribution in [1.82, 2.24) is 9.80 Å². The fourth-order valence-electron chi connectivity index (χ4n) is 5.27. The number of Topliss-reactive ketones (excluding diaryl/α,β-unsaturated/α-hetero) is 2. The van der Waals surface area contributed by atoms with E-state index in [9.17, 15) is 9.59 Å². The molecule has 2 aliphatic heterocycles. The van der Waals surface area contributed by atoms with E-state index in [2.05, 4.69) is 34.1 Å². The number of hydrogen-bond donors (Lipinski definition) is 0. The summed E-state index contributed by atoms with van der Waals surface area (Å²) in [7, 11) is 0. The van der Waals surface area contributed by atoms with Gasteiger partial charge in [-0.05, 0) is 11.1 Å². The number of nitrogens with zero attached hydrogens (tertiary/aromatic N) is 2. The molecule has 2 saturated heterocycles. The van der Waals surface area contributed by atoms with Crippen molar-refractivity contribution >= 4 is 11.6 Å². The molecule has 1 unspecified atom stereocenters. The Bertz CT molecular complexity index is 1270. The van der Waals surface area contributed by atoms with Crippen molar-refractivity contribution < 1.29 is 19.1 Å². The van der Waals surface area contributed by atoms with Crippen molar-refractivity contribution in [2.45, 2.75) is 25.3 Å². The largest absolute Gasteiger partial charge is 0.367 e. The van der Waals surface area contributed by atoms with Crippen LogP contribution in [0.5, 0.6) is 0 Å². The summed E-state index contributed by atoms with van der Waals surface area (Å²) in [6.07, 6.45) is -0.713. The summed E-state index contributed by atoms with van der Waals surface area (Å²) in [4.78, 5) is 29.5. The first kappa shape index (κ1) is 29.5. The third-order valence-corrected chi connectivity index (χ3v) is 7.50. The number of rotatable bonds is 8. The third kappa shape index (κ3) is 8.54. The topological polar surface area (TPSA) is 59.1 Å². The first-order valence-electron chi connectivity index (χ1n) is 14.6. The third-order valence-electron chi connectivity index (χ3n) is 7.50. The minimum atomic E-state index is -0.357. The number of carbonyl (C=O) groups excluding carboxylic acids is 2. The Morgan fingerprint density at radius 1 is 0.524 bits per heavy atom. The maximum absolute atomic E-state index is 12.4. The summed E-state index contributed by atoms with van der Waals surface area (Å²) < 4.78 is 11.3. The summed E-state index contributed by atoms with van der Waals surface area (Å²) in [5, 5.41) is 0. The number of ether oxygens (including phenoxy) is 2. The molecule has 6 nitrogen and oxygen atoms in total. The lowest BCUT2D eigenvalue weighted by Gasteiger charge is -2.32. The van der Waals surface area contributed by atoms with Gasteiger partial charge in [-0.15, -0.1) is 0 Å². The van der Waals surface area contributed by atoms with Gasteiger partial charge in [0.05, 0.1) is 13.2 Å². The van der Waals surface area contributed by atoms with E-state index in [-0.39, 0.29) is 23.8 Å². The maximum Gasteiger partial charge on any atom is 0.192 e. The van der Waals surface area contributed by atoms with E-state index in [1.165, 1.54) is 11.1 Å². The van der Waals surface area contributed by atoms with E-state index >= 15 is 0 Å². The zero-order valence-corrected chi connectivity index (χ0v) is 23.9. The number of morpholine rings is 2. The van der Waals surface area contributed by atoms with Gasteiger partial charge < -0.3 is 9.47 Å². The lowest BCUT2D eigenvalue weighted by Crippen LogP contribution is -2.45. The summed E-state index contributed by atoms with van der Waals surface area (Å²) in [6.45, 7) is 5.99. The number of benzene rings is 4. The van der Waals surface area contributed by atoms with Crippen LogP contribution in [0.2, 0.25) is 0 Å². The van der Waals surface area contributed by atoms with Gasteiger partial charge in [-0.3, -0.25) is 19.4 Å². The molecule has 0 spiro atoms. The van der Waals surface area contributed by atoms with Gasteiger partial charge in [0, 0.05) is 50.4 Å². The Morgan fingerprint density at radius 2 is 0.857 bits per heavy atom. The minimum absolute atomic E-state index is 0.0772. The second-order valence-electron chi connectivity index (χ2n) is 10.6. The van der Waals surface area contributed by atoms with E-state index in [0.29, 0.717) is 26.3 Å². The molecule has 2 atom stereocenters. The molecular formula is C36H38N2O4. The van der Waals surface area contributed by atoms with Gasteiger partial charge in [0.15, 0.2) is 11.6 Å². The van der Waals surface area contributed by atoms with Crippen LogP contribution in [0.25, 0.3) is 0 Å². The fourth-order valence-corrected chi connectivity index (χ4v) is 5.27. The van der Waals surface area contributed by atoms with Crippen molar-refractivity contribution in [1.29, 1.82) is 0 Å². The summed E-state index contributed by atoms with van der Waals surface area (Å²) >= 11 is 0. The second-order valence-corrected chi connectivity index (χ2v) is 10.6. The number of hydrogen-bond acceptors (Lipinski definition) is 6. The highest BCUT2D eigenvalue weighted by atomic mass is 16.5. The maximum atomic E-state index is 12.4. The molecule has 4 aromatic rings. The Morgan fingerprint density at radius 3 is 1.21 bits per heavy atom. The zero-order valence-electron chi connectivity index (χ0n) is 23.9. The van der Waals surface area contributed by atoms with E-state index in [4.69, 9.17) is 9.47 Å². The van der Waals surface area contributed by atoms with Gasteiger partial charge in [-0.2, -0.15) is 0 Å². The molecule has 0 radical (unpaired) electrons. The van der Waals surface area contributed by atoms with E-state index < -0.39 is 0 Å². The van der Waals surface area contributed by atoms with Crippen LogP contribution in [-0.4, -0.2) is 73.0 Å². The van der Waals surface area contributed by atoms with Crippen LogP contribution >= 0.6 is 0 Å². The molecule has 0 aromatic heterocycles. The van der Waals surface area contributed by atoms with Crippen LogP contribution in [0.3, 0.4) is 0 Å². The van der Waals surface area contributed by atoms with Crippen molar-refractivity contribution in [2.75, 3.05) is 39.4 Å². The molecule has 6 rings (SSSR count). The number of ketones is 2. The van der Waals surface area contributed by atoms with Gasteiger partial charge in [-0.25, -0.2) is 0 Å². The molecule has 2 heterocycles. The van der Waals surface area contributed by atoms with Crippen LogP contribution in [0.4, 0.5) is 0 Å². The van der Waals surface area contributed by atoms with Crippen LogP contribution in [0, 0.1) is 0 Å². The van der Waals surface area contributed by atoms with Gasteiger partial charge in [0.2, 0.25) is 0 Å². The minimum Gasteiger partial charge on any atom is -0.367 e. The van der Waals surface area contributed by atoms with Crippen molar-refractivity contribution in [3.8, 4) is 0 Å². The van der Waals surface area contributed by atoms with E-state index in [1.807, 2.05) is 97.1 Å². The van der Waals surface area contributed by atoms with Gasteiger partial charge in [0.1, 0.15) is 12.2 Å². The van der Waals surface area contributed by atoms with Gasteiger partial charge in [0.25, 0.3) is 0 Å². The van der Waals surface area contributed by atoms with E-state index in [0.717, 1.165) is 37.3 Å². The predicted octanol–water partition coefficient (Wildman–Crippen LogP) is 5.54. The van der Waals surface area contributed by atoms with Gasteiger partial charge in [-0.1, -0.05) is 121 Å². The first-order valence-corrected chi connectivity index (χ1v) is 14.6. The molecule has 0 saturated carbocycles. The molecular weight excluding hydrogens is 524 g/mol. The fraction of sp³-hybridized carbons (Fsp3) is 0.278. The highest BCUT2D eigenvalue weighted by Gasteiger charge is 2.28. The first-order chi connectivity index (χ1) is 20.7. The Balaban J connectivity index is 0.000000168. The lowest BCUT2D eigenvalue weighted by atomic mass is 10.0. The second kappa shape index (κ2) is 15.3. The Hall–Kier alpha value is -3.94. The molecule has 216 valence electrons. The summed E-state index contributed by atoms with van der Waals surface area (Å²) in [5.41, 5.74) is 3.99. The Kier molecular flexibility index (Phi) is 10.8. The molecule has 0 N–H and O–H groups in total. The molecule has 4 aromatic carbocycles. The Labute approximate surface area is 248 Å². The van der Waals surface area contributed by atoms with E-state index in [1.54, 1.807) is 0 Å². The van der Waals surface area contributed by atoms with Crippen molar-refractivity contribution in [3.63, 3.8) is 0 Å². The van der Waals surface area contributed by atoms with Crippen LogP contribution in [0.15, 0.2) is 121 Å². The lowest BCUT2D eigenvalue weighted by molar-refractivity contribution is -0.0190. The van der Waals surface area contributed by atoms with Gasteiger partial charge >= 0.3 is 0 Å². The molecule has 6 heteroatoms. The standard InChI is InChI=1S/2C18H19NO2/c2*20-18(16-9-5-2-6-10-16)17-14-19(11-12-21-17)13-15-7-3-1-4-8-15/h2*1-10,17H,11-14H2/t17-;/m0./s1. The summed E-state index contributed by atoms with van der Waals surface area (Å²) in [5.74, 6) is 0.154. The summed E-state index contributed by atoms with van der Waals surface area (Å²) in [6, 6.07) is 39.4. The van der Waals surface area contributed by atoms with Crippen LogP contribution in [-0.2, 0) is 22.6 Å². The van der Waals surface area contributed by atoms with Crippen LogP contribution < -0.4 is 0 Å². The molecule has 0 amide bonds. The molecule has 2 fully saturated rings. The molecule has 0 aliphatic carbocycles. The number of carbonyl (C=O) groups is 2. The molecule has 2 aliphatic rings. The quantitative estimate of drug-likeness (QED) is 0.263.